The lowest BCUT2D eigenvalue weighted by atomic mass is 9.70. The van der Waals surface area contributed by atoms with E-state index >= 15 is 0 Å². The number of aromatic nitrogens is 2. The van der Waals surface area contributed by atoms with Crippen LogP contribution in [0.2, 0.25) is 0 Å². The van der Waals surface area contributed by atoms with Crippen LogP contribution in [0.25, 0.3) is 0 Å². The van der Waals surface area contributed by atoms with E-state index in [2.05, 4.69) is 43.2 Å². The lowest BCUT2D eigenvalue weighted by Crippen LogP contribution is -2.25. The molecule has 0 radical (unpaired) electrons. The predicted molar refractivity (Wildman–Crippen MR) is 80.4 cm³/mol. The van der Waals surface area contributed by atoms with Gasteiger partial charge in [-0.1, -0.05) is 32.9 Å². The highest BCUT2D eigenvalue weighted by atomic mass is 16.5. The van der Waals surface area contributed by atoms with Gasteiger partial charge in [-0.2, -0.15) is 4.98 Å². The summed E-state index contributed by atoms with van der Waals surface area (Å²) in [5.74, 6) is 2.98. The van der Waals surface area contributed by atoms with Crippen LogP contribution < -0.4 is 5.32 Å². The Morgan fingerprint density at radius 2 is 1.90 bits per heavy atom. The predicted octanol–water partition coefficient (Wildman–Crippen LogP) is 3.89. The summed E-state index contributed by atoms with van der Waals surface area (Å²) in [5, 5.41) is 7.48. The Morgan fingerprint density at radius 3 is 2.50 bits per heavy atom. The zero-order valence-corrected chi connectivity index (χ0v) is 13.4. The molecule has 2 rings (SSSR count). The zero-order valence-electron chi connectivity index (χ0n) is 13.4. The summed E-state index contributed by atoms with van der Waals surface area (Å²) < 4.78 is 5.33. The minimum Gasteiger partial charge on any atom is -0.338 e. The Labute approximate surface area is 122 Å². The number of nitrogens with zero attached hydrogens (tertiary/aromatic N) is 2. The second-order valence-corrected chi connectivity index (χ2v) is 7.14. The van der Waals surface area contributed by atoms with Crippen molar-refractivity contribution in [3.8, 4) is 0 Å². The summed E-state index contributed by atoms with van der Waals surface area (Å²) in [6.07, 6.45) is 6.09. The molecule has 4 nitrogen and oxygen atoms in total. The van der Waals surface area contributed by atoms with E-state index in [0.717, 1.165) is 30.6 Å². The van der Waals surface area contributed by atoms with Gasteiger partial charge in [-0.05, 0) is 50.0 Å². The SMILES string of the molecule is CCCNCc1nc(C2CCC(C(C)(C)C)CC2)no1. The van der Waals surface area contributed by atoms with Gasteiger partial charge in [0.2, 0.25) is 5.89 Å². The third-order valence-electron chi connectivity index (χ3n) is 4.50. The molecule has 1 aliphatic carbocycles. The van der Waals surface area contributed by atoms with Crippen molar-refractivity contribution in [3.05, 3.63) is 11.7 Å². The van der Waals surface area contributed by atoms with Crippen molar-refractivity contribution in [1.82, 2.24) is 15.5 Å². The Bertz CT molecular complexity index is 400. The van der Waals surface area contributed by atoms with E-state index in [0.29, 0.717) is 17.9 Å². The van der Waals surface area contributed by atoms with E-state index in [-0.39, 0.29) is 0 Å². The molecule has 0 bridgehead atoms. The summed E-state index contributed by atoms with van der Waals surface area (Å²) in [6, 6.07) is 0. The first-order valence-corrected chi connectivity index (χ1v) is 8.04. The minimum atomic E-state index is 0.428. The minimum absolute atomic E-state index is 0.428. The second-order valence-electron chi connectivity index (χ2n) is 7.14. The topological polar surface area (TPSA) is 51.0 Å². The van der Waals surface area contributed by atoms with Crippen molar-refractivity contribution in [2.75, 3.05) is 6.54 Å². The molecule has 4 heteroatoms. The molecule has 0 spiro atoms. The number of hydrogen-bond acceptors (Lipinski definition) is 4. The van der Waals surface area contributed by atoms with Gasteiger partial charge in [0, 0.05) is 5.92 Å². The maximum Gasteiger partial charge on any atom is 0.240 e. The average Bonchev–Trinajstić information content (AvgIpc) is 2.87. The molecule has 0 atom stereocenters. The molecule has 0 amide bonds. The normalized spacial score (nSPS) is 24.0. The number of nitrogens with one attached hydrogen (secondary N) is 1. The molecule has 114 valence electrons. The molecule has 0 aromatic carbocycles. The Morgan fingerprint density at radius 1 is 1.20 bits per heavy atom. The molecule has 0 aliphatic heterocycles. The van der Waals surface area contributed by atoms with Gasteiger partial charge in [-0.15, -0.1) is 0 Å². The number of hydrogen-bond donors (Lipinski definition) is 1. The molecule has 1 aromatic heterocycles. The summed E-state index contributed by atoms with van der Waals surface area (Å²) in [7, 11) is 0. The van der Waals surface area contributed by atoms with E-state index in [1.807, 2.05) is 0 Å². The van der Waals surface area contributed by atoms with Crippen molar-refractivity contribution in [2.24, 2.45) is 11.3 Å². The molecule has 1 fully saturated rings. The summed E-state index contributed by atoms with van der Waals surface area (Å²) in [5.41, 5.74) is 0.428. The highest BCUT2D eigenvalue weighted by molar-refractivity contribution is 4.98. The monoisotopic (exact) mass is 279 g/mol. The first-order valence-electron chi connectivity index (χ1n) is 8.04. The molecule has 0 saturated heterocycles. The van der Waals surface area contributed by atoms with Crippen molar-refractivity contribution >= 4 is 0 Å². The highest BCUT2D eigenvalue weighted by Crippen LogP contribution is 2.42. The van der Waals surface area contributed by atoms with Crippen LogP contribution in [-0.4, -0.2) is 16.7 Å². The smallest absolute Gasteiger partial charge is 0.240 e. The lowest BCUT2D eigenvalue weighted by molar-refractivity contribution is 0.166. The molecule has 0 unspecified atom stereocenters. The molecule has 20 heavy (non-hydrogen) atoms. The highest BCUT2D eigenvalue weighted by Gasteiger charge is 2.31. The van der Waals surface area contributed by atoms with Crippen LogP contribution in [0.15, 0.2) is 4.52 Å². The maximum absolute atomic E-state index is 5.33. The number of rotatable bonds is 5. The van der Waals surface area contributed by atoms with Gasteiger partial charge in [-0.3, -0.25) is 0 Å². The molecule has 1 saturated carbocycles. The molecular formula is C16H29N3O. The van der Waals surface area contributed by atoms with Gasteiger partial charge in [0.15, 0.2) is 5.82 Å². The van der Waals surface area contributed by atoms with Crippen LogP contribution in [0.4, 0.5) is 0 Å². The van der Waals surface area contributed by atoms with Gasteiger partial charge < -0.3 is 9.84 Å². The molecule has 1 heterocycles. The fourth-order valence-electron chi connectivity index (χ4n) is 3.10. The van der Waals surface area contributed by atoms with Crippen LogP contribution >= 0.6 is 0 Å². The maximum atomic E-state index is 5.33. The van der Waals surface area contributed by atoms with Crippen LogP contribution in [0.1, 0.15) is 77.4 Å². The van der Waals surface area contributed by atoms with E-state index in [1.54, 1.807) is 0 Å². The van der Waals surface area contributed by atoms with E-state index in [4.69, 9.17) is 4.52 Å². The first-order chi connectivity index (χ1) is 9.50. The summed E-state index contributed by atoms with van der Waals surface area (Å²) >= 11 is 0. The fraction of sp³-hybridized carbons (Fsp3) is 0.875. The van der Waals surface area contributed by atoms with E-state index in [9.17, 15) is 0 Å². The molecule has 1 aromatic rings. The fourth-order valence-corrected chi connectivity index (χ4v) is 3.10. The van der Waals surface area contributed by atoms with Crippen molar-refractivity contribution < 1.29 is 4.52 Å². The molecule has 1 N–H and O–H groups in total. The van der Waals surface area contributed by atoms with Gasteiger partial charge >= 0.3 is 0 Å². The van der Waals surface area contributed by atoms with Crippen LogP contribution in [0.5, 0.6) is 0 Å². The van der Waals surface area contributed by atoms with Gasteiger partial charge in [-0.25, -0.2) is 0 Å². The van der Waals surface area contributed by atoms with E-state index in [1.165, 1.54) is 25.7 Å². The standard InChI is InChI=1S/C16H29N3O/c1-5-10-17-11-14-18-15(19-20-14)12-6-8-13(9-7-12)16(2,3)4/h12-13,17H,5-11H2,1-4H3. The average molecular weight is 279 g/mol. The van der Waals surface area contributed by atoms with Gasteiger partial charge in [0.05, 0.1) is 6.54 Å². The molecule has 1 aliphatic rings. The van der Waals surface area contributed by atoms with E-state index < -0.39 is 0 Å². The van der Waals surface area contributed by atoms with Crippen molar-refractivity contribution in [2.45, 2.75) is 72.3 Å². The van der Waals surface area contributed by atoms with Crippen LogP contribution in [0, 0.1) is 11.3 Å². The van der Waals surface area contributed by atoms with Crippen molar-refractivity contribution in [3.63, 3.8) is 0 Å². The third kappa shape index (κ3) is 4.05. The van der Waals surface area contributed by atoms with Gasteiger partial charge in [0.1, 0.15) is 0 Å². The lowest BCUT2D eigenvalue weighted by Gasteiger charge is -2.36. The van der Waals surface area contributed by atoms with Gasteiger partial charge in [0.25, 0.3) is 0 Å². The summed E-state index contributed by atoms with van der Waals surface area (Å²) in [4.78, 5) is 4.55. The largest absolute Gasteiger partial charge is 0.338 e. The van der Waals surface area contributed by atoms with Crippen LogP contribution in [-0.2, 0) is 6.54 Å². The Kier molecular flexibility index (Phi) is 5.19. The second kappa shape index (κ2) is 6.70. The third-order valence-corrected chi connectivity index (χ3v) is 4.50. The molecular weight excluding hydrogens is 250 g/mol. The van der Waals surface area contributed by atoms with Crippen LogP contribution in [0.3, 0.4) is 0 Å². The quantitative estimate of drug-likeness (QED) is 0.831. The Balaban J connectivity index is 1.84. The van der Waals surface area contributed by atoms with Crippen molar-refractivity contribution in [1.29, 1.82) is 0 Å². The summed E-state index contributed by atoms with van der Waals surface area (Å²) in [6.45, 7) is 10.9. The first kappa shape index (κ1) is 15.5. The Hall–Kier alpha value is -0.900. The zero-order chi connectivity index (χ0) is 14.6.